The summed E-state index contributed by atoms with van der Waals surface area (Å²) < 4.78 is 0. The Bertz CT molecular complexity index is 319. The molecule has 0 aromatic carbocycles. The molecule has 2 heterocycles. The molecule has 0 saturated carbocycles. The van der Waals surface area contributed by atoms with Gasteiger partial charge in [-0.15, -0.1) is 0 Å². The van der Waals surface area contributed by atoms with Gasteiger partial charge in [-0.05, 0) is 33.6 Å². The first kappa shape index (κ1) is 15.7. The predicted octanol–water partition coefficient (Wildman–Crippen LogP) is 0.950. The molecule has 2 aliphatic heterocycles. The maximum absolute atomic E-state index is 11.0. The van der Waals surface area contributed by atoms with E-state index in [9.17, 15) is 4.79 Å². The minimum absolute atomic E-state index is 0.351. The second kappa shape index (κ2) is 6.87. The third-order valence-electron chi connectivity index (χ3n) is 5.12. The number of carboxylic acid groups (broad SMARTS) is 1. The zero-order valence-electron chi connectivity index (χ0n) is 13.1. The van der Waals surface area contributed by atoms with E-state index in [0.717, 1.165) is 51.4 Å². The molecule has 0 spiro atoms. The number of hydrogen-bond donors (Lipinski definition) is 1. The van der Waals surface area contributed by atoms with Crippen LogP contribution in [-0.2, 0) is 4.79 Å². The standard InChI is InChI=1S/C15H29N3O2/c1-12-4-5-13(2)18(12)11-8-16-6-9-17(10-7-16)14(3)15(19)20/h12-14H,4-11H2,1-3H3,(H,19,20). The zero-order valence-corrected chi connectivity index (χ0v) is 13.1. The van der Waals surface area contributed by atoms with E-state index in [4.69, 9.17) is 5.11 Å². The summed E-state index contributed by atoms with van der Waals surface area (Å²) >= 11 is 0. The van der Waals surface area contributed by atoms with E-state index < -0.39 is 5.97 Å². The van der Waals surface area contributed by atoms with Crippen molar-refractivity contribution in [3.8, 4) is 0 Å². The molecule has 20 heavy (non-hydrogen) atoms. The van der Waals surface area contributed by atoms with E-state index in [-0.39, 0.29) is 6.04 Å². The summed E-state index contributed by atoms with van der Waals surface area (Å²) in [7, 11) is 0. The Labute approximate surface area is 122 Å². The van der Waals surface area contributed by atoms with Crippen LogP contribution in [0.4, 0.5) is 0 Å². The number of likely N-dealkylation sites (tertiary alicyclic amines) is 1. The molecule has 116 valence electrons. The van der Waals surface area contributed by atoms with E-state index >= 15 is 0 Å². The molecule has 3 unspecified atom stereocenters. The van der Waals surface area contributed by atoms with Gasteiger partial charge < -0.3 is 5.11 Å². The van der Waals surface area contributed by atoms with Gasteiger partial charge in [0.2, 0.25) is 0 Å². The Hall–Kier alpha value is -0.650. The first-order valence-corrected chi connectivity index (χ1v) is 7.94. The lowest BCUT2D eigenvalue weighted by Crippen LogP contribution is -2.53. The van der Waals surface area contributed by atoms with Crippen LogP contribution in [0.15, 0.2) is 0 Å². The molecule has 0 amide bonds. The third-order valence-corrected chi connectivity index (χ3v) is 5.12. The fraction of sp³-hybridized carbons (Fsp3) is 0.933. The summed E-state index contributed by atoms with van der Waals surface area (Å²) in [5.41, 5.74) is 0. The van der Waals surface area contributed by atoms with Crippen molar-refractivity contribution in [2.75, 3.05) is 39.3 Å². The summed E-state index contributed by atoms with van der Waals surface area (Å²) in [6, 6.07) is 1.09. The second-order valence-corrected chi connectivity index (χ2v) is 6.41. The molecule has 0 radical (unpaired) electrons. The van der Waals surface area contributed by atoms with Crippen LogP contribution in [0, 0.1) is 0 Å². The van der Waals surface area contributed by atoms with Crippen molar-refractivity contribution in [1.29, 1.82) is 0 Å². The van der Waals surface area contributed by atoms with Gasteiger partial charge in [0.05, 0.1) is 0 Å². The van der Waals surface area contributed by atoms with Gasteiger partial charge in [-0.25, -0.2) is 0 Å². The zero-order chi connectivity index (χ0) is 14.7. The van der Waals surface area contributed by atoms with E-state index in [1.807, 2.05) is 0 Å². The first-order valence-electron chi connectivity index (χ1n) is 7.94. The summed E-state index contributed by atoms with van der Waals surface area (Å²) in [4.78, 5) is 18.2. The molecule has 1 N–H and O–H groups in total. The van der Waals surface area contributed by atoms with Gasteiger partial charge in [0, 0.05) is 51.4 Å². The van der Waals surface area contributed by atoms with Crippen molar-refractivity contribution in [3.05, 3.63) is 0 Å². The van der Waals surface area contributed by atoms with E-state index in [2.05, 4.69) is 28.5 Å². The average molecular weight is 283 g/mol. The molecule has 0 aliphatic carbocycles. The normalized spacial score (nSPS) is 31.6. The lowest BCUT2D eigenvalue weighted by Gasteiger charge is -2.38. The molecule has 3 atom stereocenters. The predicted molar refractivity (Wildman–Crippen MR) is 80.0 cm³/mol. The quantitative estimate of drug-likeness (QED) is 0.814. The third kappa shape index (κ3) is 3.71. The number of aliphatic carboxylic acids is 1. The van der Waals surface area contributed by atoms with Crippen molar-refractivity contribution in [2.24, 2.45) is 0 Å². The van der Waals surface area contributed by atoms with Crippen molar-refractivity contribution >= 4 is 5.97 Å². The molecule has 2 rings (SSSR count). The van der Waals surface area contributed by atoms with Crippen molar-refractivity contribution in [1.82, 2.24) is 14.7 Å². The summed E-state index contributed by atoms with van der Waals surface area (Å²) in [5.74, 6) is -0.710. The van der Waals surface area contributed by atoms with Gasteiger partial charge in [-0.1, -0.05) is 0 Å². The fourth-order valence-electron chi connectivity index (χ4n) is 3.48. The van der Waals surface area contributed by atoms with Gasteiger partial charge in [0.1, 0.15) is 6.04 Å². The number of nitrogens with zero attached hydrogens (tertiary/aromatic N) is 3. The lowest BCUT2D eigenvalue weighted by atomic mass is 10.2. The first-order chi connectivity index (χ1) is 9.49. The van der Waals surface area contributed by atoms with Crippen molar-refractivity contribution < 1.29 is 9.90 Å². The smallest absolute Gasteiger partial charge is 0.320 e. The molecular weight excluding hydrogens is 254 g/mol. The highest BCUT2D eigenvalue weighted by atomic mass is 16.4. The van der Waals surface area contributed by atoms with Gasteiger partial charge in [0.25, 0.3) is 0 Å². The molecule has 2 saturated heterocycles. The van der Waals surface area contributed by atoms with E-state index in [1.165, 1.54) is 12.8 Å². The largest absolute Gasteiger partial charge is 0.480 e. The van der Waals surface area contributed by atoms with Gasteiger partial charge in [-0.3, -0.25) is 19.5 Å². The van der Waals surface area contributed by atoms with Crippen LogP contribution in [0.1, 0.15) is 33.6 Å². The Morgan fingerprint density at radius 2 is 1.65 bits per heavy atom. The monoisotopic (exact) mass is 283 g/mol. The van der Waals surface area contributed by atoms with E-state index in [1.54, 1.807) is 6.92 Å². The van der Waals surface area contributed by atoms with Crippen LogP contribution >= 0.6 is 0 Å². The molecule has 2 aliphatic rings. The highest BCUT2D eigenvalue weighted by molar-refractivity contribution is 5.72. The van der Waals surface area contributed by atoms with Crippen LogP contribution in [0.3, 0.4) is 0 Å². The van der Waals surface area contributed by atoms with Crippen LogP contribution in [0.2, 0.25) is 0 Å². The van der Waals surface area contributed by atoms with E-state index in [0.29, 0.717) is 0 Å². The molecule has 2 fully saturated rings. The van der Waals surface area contributed by atoms with Crippen LogP contribution in [0.5, 0.6) is 0 Å². The molecule has 5 nitrogen and oxygen atoms in total. The molecule has 5 heteroatoms. The van der Waals surface area contributed by atoms with Gasteiger partial charge in [-0.2, -0.15) is 0 Å². The molecule has 0 bridgehead atoms. The maximum atomic E-state index is 11.0. The van der Waals surface area contributed by atoms with Crippen LogP contribution in [-0.4, -0.2) is 83.2 Å². The summed E-state index contributed by atoms with van der Waals surface area (Å²) in [5, 5.41) is 9.04. The van der Waals surface area contributed by atoms with Crippen molar-refractivity contribution in [2.45, 2.75) is 51.7 Å². The van der Waals surface area contributed by atoms with Gasteiger partial charge >= 0.3 is 5.97 Å². The minimum Gasteiger partial charge on any atom is -0.480 e. The van der Waals surface area contributed by atoms with Gasteiger partial charge in [0.15, 0.2) is 0 Å². The number of hydrogen-bond acceptors (Lipinski definition) is 4. The fourth-order valence-corrected chi connectivity index (χ4v) is 3.48. The molecule has 0 aromatic rings. The Morgan fingerprint density at radius 1 is 1.10 bits per heavy atom. The number of piperazine rings is 1. The Morgan fingerprint density at radius 3 is 2.15 bits per heavy atom. The highest BCUT2D eigenvalue weighted by Gasteiger charge is 2.28. The number of rotatable bonds is 5. The topological polar surface area (TPSA) is 47.0 Å². The van der Waals surface area contributed by atoms with Crippen LogP contribution < -0.4 is 0 Å². The molecule has 0 aromatic heterocycles. The second-order valence-electron chi connectivity index (χ2n) is 6.41. The molecular formula is C15H29N3O2. The highest BCUT2D eigenvalue weighted by Crippen LogP contribution is 2.22. The maximum Gasteiger partial charge on any atom is 0.320 e. The Kier molecular flexibility index (Phi) is 5.41. The van der Waals surface area contributed by atoms with Crippen molar-refractivity contribution in [3.63, 3.8) is 0 Å². The SMILES string of the molecule is CC(C(=O)O)N1CCN(CCN2C(C)CCC2C)CC1. The van der Waals surface area contributed by atoms with Crippen LogP contribution in [0.25, 0.3) is 0 Å². The average Bonchev–Trinajstić information content (AvgIpc) is 2.75. The Balaban J connectivity index is 1.71. The number of carbonyl (C=O) groups is 1. The summed E-state index contributed by atoms with van der Waals surface area (Å²) in [6.45, 7) is 12.4. The minimum atomic E-state index is -0.710. The summed E-state index contributed by atoms with van der Waals surface area (Å²) in [6.07, 6.45) is 2.65. The lowest BCUT2D eigenvalue weighted by molar-refractivity contribution is -0.143. The number of carboxylic acids is 1.